The number of hydrogen-bond donors (Lipinski definition) is 0. The van der Waals surface area contributed by atoms with Gasteiger partial charge in [0.1, 0.15) is 6.07 Å². The van der Waals surface area contributed by atoms with Crippen molar-refractivity contribution in [1.29, 1.82) is 5.26 Å². The zero-order valence-corrected chi connectivity index (χ0v) is 11.3. The van der Waals surface area contributed by atoms with E-state index in [0.29, 0.717) is 11.3 Å². The van der Waals surface area contributed by atoms with Crippen LogP contribution in [0, 0.1) is 11.3 Å². The quantitative estimate of drug-likeness (QED) is 0.841. The van der Waals surface area contributed by atoms with Crippen LogP contribution in [0.5, 0.6) is 0 Å². The summed E-state index contributed by atoms with van der Waals surface area (Å²) in [7, 11) is -0.762. The molecular weight excluding hydrogens is 264 g/mol. The summed E-state index contributed by atoms with van der Waals surface area (Å²) in [6.45, 7) is 0. The van der Waals surface area contributed by atoms with Crippen molar-refractivity contribution >= 4 is 15.7 Å². The van der Waals surface area contributed by atoms with Gasteiger partial charge in [0.25, 0.3) is 10.0 Å². The average Bonchev–Trinajstić information content (AvgIpc) is 2.84. The molecule has 6 nitrogen and oxygen atoms in total. The van der Waals surface area contributed by atoms with E-state index in [0.717, 1.165) is 4.31 Å². The number of para-hydroxylation sites is 1. The van der Waals surface area contributed by atoms with Crippen molar-refractivity contribution in [2.75, 3.05) is 11.4 Å². The van der Waals surface area contributed by atoms with Crippen LogP contribution in [0.4, 0.5) is 5.69 Å². The Morgan fingerprint density at radius 2 is 2.00 bits per heavy atom. The third-order valence-corrected chi connectivity index (χ3v) is 4.61. The fraction of sp³-hybridized carbons (Fsp3) is 0.167. The summed E-state index contributed by atoms with van der Waals surface area (Å²) >= 11 is 0. The first-order valence-electron chi connectivity index (χ1n) is 5.44. The van der Waals surface area contributed by atoms with Crippen LogP contribution in [-0.4, -0.2) is 25.2 Å². The lowest BCUT2D eigenvalue weighted by Gasteiger charge is -2.20. The summed E-state index contributed by atoms with van der Waals surface area (Å²) in [5, 5.41) is 12.9. The summed E-state index contributed by atoms with van der Waals surface area (Å²) in [4.78, 5) is 0. The topological polar surface area (TPSA) is 79.0 Å². The molecule has 19 heavy (non-hydrogen) atoms. The molecule has 7 heteroatoms. The fourth-order valence-electron chi connectivity index (χ4n) is 1.73. The van der Waals surface area contributed by atoms with Gasteiger partial charge in [0.05, 0.1) is 17.4 Å². The number of benzene rings is 1. The van der Waals surface area contributed by atoms with E-state index in [-0.39, 0.29) is 5.03 Å². The number of nitrogens with zero attached hydrogens (tertiary/aromatic N) is 4. The van der Waals surface area contributed by atoms with E-state index in [1.54, 1.807) is 31.3 Å². The maximum absolute atomic E-state index is 12.4. The smallest absolute Gasteiger partial charge is 0.267 e. The Hall–Kier alpha value is -2.33. The van der Waals surface area contributed by atoms with E-state index < -0.39 is 10.0 Å². The molecule has 0 aliphatic carbocycles. The second kappa shape index (κ2) is 4.74. The molecule has 0 amide bonds. The van der Waals surface area contributed by atoms with Gasteiger partial charge >= 0.3 is 0 Å². The van der Waals surface area contributed by atoms with Gasteiger partial charge in [-0.3, -0.25) is 8.99 Å². The first-order chi connectivity index (χ1) is 8.98. The second-order valence-corrected chi connectivity index (χ2v) is 5.81. The number of aryl methyl sites for hydroxylation is 1. The third kappa shape index (κ3) is 2.18. The molecule has 2 aromatic rings. The largest absolute Gasteiger partial charge is 0.281 e. The van der Waals surface area contributed by atoms with Crippen LogP contribution >= 0.6 is 0 Å². The lowest BCUT2D eigenvalue weighted by molar-refractivity contribution is 0.575. The Morgan fingerprint density at radius 1 is 1.32 bits per heavy atom. The summed E-state index contributed by atoms with van der Waals surface area (Å²) in [6, 6.07) is 9.93. The Balaban J connectivity index is 2.54. The average molecular weight is 276 g/mol. The number of nitriles is 1. The first-order valence-corrected chi connectivity index (χ1v) is 6.88. The van der Waals surface area contributed by atoms with Gasteiger partial charge in [0, 0.05) is 14.1 Å². The first kappa shape index (κ1) is 13.1. The maximum Gasteiger partial charge on any atom is 0.281 e. The summed E-state index contributed by atoms with van der Waals surface area (Å²) in [5.74, 6) is 0. The van der Waals surface area contributed by atoms with Gasteiger partial charge in [0.2, 0.25) is 0 Å². The van der Waals surface area contributed by atoms with E-state index in [4.69, 9.17) is 5.26 Å². The van der Waals surface area contributed by atoms with E-state index in [1.165, 1.54) is 24.0 Å². The second-order valence-electron chi connectivity index (χ2n) is 3.89. The van der Waals surface area contributed by atoms with Crippen LogP contribution in [0.15, 0.2) is 41.6 Å². The molecular formula is C12H12N4O2S. The predicted molar refractivity (Wildman–Crippen MR) is 70.0 cm³/mol. The highest BCUT2D eigenvalue weighted by Gasteiger charge is 2.25. The van der Waals surface area contributed by atoms with Crippen molar-refractivity contribution < 1.29 is 8.42 Å². The molecule has 0 saturated carbocycles. The number of rotatable bonds is 3. The molecule has 0 aliphatic rings. The molecule has 0 N–H and O–H groups in total. The Bertz CT molecular complexity index is 743. The van der Waals surface area contributed by atoms with Crippen LogP contribution in [0.25, 0.3) is 0 Å². The molecule has 0 atom stereocenters. The summed E-state index contributed by atoms with van der Waals surface area (Å²) in [5.41, 5.74) is 0.641. The molecule has 0 bridgehead atoms. The highest BCUT2D eigenvalue weighted by atomic mass is 32.2. The van der Waals surface area contributed by atoms with Gasteiger partial charge in [0.15, 0.2) is 5.03 Å². The van der Waals surface area contributed by atoms with Gasteiger partial charge in [-0.25, -0.2) is 0 Å². The SMILES string of the molecule is CN(c1ccccc1C#N)S(=O)(=O)c1ccnn1C. The summed E-state index contributed by atoms with van der Waals surface area (Å²) in [6.07, 6.45) is 1.41. The molecule has 0 aliphatic heterocycles. The predicted octanol–water partition coefficient (Wildman–Crippen LogP) is 1.12. The molecule has 0 saturated heterocycles. The lowest BCUT2D eigenvalue weighted by atomic mass is 10.2. The Kier molecular flexibility index (Phi) is 3.27. The highest BCUT2D eigenvalue weighted by Crippen LogP contribution is 2.24. The maximum atomic E-state index is 12.4. The van der Waals surface area contributed by atoms with Crippen LogP contribution in [0.1, 0.15) is 5.56 Å². The fourth-order valence-corrected chi connectivity index (χ4v) is 3.04. The lowest BCUT2D eigenvalue weighted by Crippen LogP contribution is -2.29. The van der Waals surface area contributed by atoms with Crippen LogP contribution in [0.3, 0.4) is 0 Å². The van der Waals surface area contributed by atoms with Crippen LogP contribution in [-0.2, 0) is 17.1 Å². The standard InChI is InChI=1S/C12H12N4O2S/c1-15-12(7-8-14-15)19(17,18)16(2)11-6-4-3-5-10(11)9-13/h3-8H,1-2H3. The van der Waals surface area contributed by atoms with Crippen LogP contribution < -0.4 is 4.31 Å². The molecule has 1 aromatic heterocycles. The minimum Gasteiger partial charge on any atom is -0.267 e. The van der Waals surface area contributed by atoms with Crippen molar-refractivity contribution in [2.24, 2.45) is 7.05 Å². The Morgan fingerprint density at radius 3 is 2.58 bits per heavy atom. The molecule has 2 rings (SSSR count). The van der Waals surface area contributed by atoms with Crippen molar-refractivity contribution in [2.45, 2.75) is 5.03 Å². The minimum absolute atomic E-state index is 0.0720. The molecule has 1 aromatic carbocycles. The van der Waals surface area contributed by atoms with Crippen LogP contribution in [0.2, 0.25) is 0 Å². The highest BCUT2D eigenvalue weighted by molar-refractivity contribution is 7.92. The molecule has 0 spiro atoms. The van der Waals surface area contributed by atoms with Gasteiger partial charge in [-0.2, -0.15) is 18.8 Å². The van der Waals surface area contributed by atoms with Crippen molar-refractivity contribution in [1.82, 2.24) is 9.78 Å². The monoisotopic (exact) mass is 276 g/mol. The number of aromatic nitrogens is 2. The van der Waals surface area contributed by atoms with Crippen molar-refractivity contribution in [3.8, 4) is 6.07 Å². The van der Waals surface area contributed by atoms with E-state index in [2.05, 4.69) is 5.10 Å². The van der Waals surface area contributed by atoms with Crippen molar-refractivity contribution in [3.63, 3.8) is 0 Å². The van der Waals surface area contributed by atoms with Gasteiger partial charge < -0.3 is 0 Å². The van der Waals surface area contributed by atoms with E-state index in [1.807, 2.05) is 6.07 Å². The third-order valence-electron chi connectivity index (χ3n) is 2.76. The molecule has 0 radical (unpaired) electrons. The Labute approximate surface area is 111 Å². The normalized spacial score (nSPS) is 11.0. The number of hydrogen-bond acceptors (Lipinski definition) is 4. The molecule has 1 heterocycles. The molecule has 0 unspecified atom stereocenters. The minimum atomic E-state index is -3.73. The van der Waals surface area contributed by atoms with Gasteiger partial charge in [-0.15, -0.1) is 0 Å². The molecule has 0 fully saturated rings. The van der Waals surface area contributed by atoms with Crippen molar-refractivity contribution in [3.05, 3.63) is 42.1 Å². The van der Waals surface area contributed by atoms with Gasteiger partial charge in [-0.05, 0) is 18.2 Å². The van der Waals surface area contributed by atoms with E-state index >= 15 is 0 Å². The van der Waals surface area contributed by atoms with E-state index in [9.17, 15) is 8.42 Å². The van der Waals surface area contributed by atoms with Gasteiger partial charge in [-0.1, -0.05) is 12.1 Å². The summed E-state index contributed by atoms with van der Waals surface area (Å²) < 4.78 is 27.2. The molecule has 98 valence electrons. The number of anilines is 1. The zero-order valence-electron chi connectivity index (χ0n) is 10.5. The number of sulfonamides is 1. The zero-order chi connectivity index (χ0) is 14.0.